The first kappa shape index (κ1) is 11.1. The van der Waals surface area contributed by atoms with E-state index in [1.165, 1.54) is 16.8 Å². The fraction of sp³-hybridized carbons (Fsp3) is 0.286. The molecule has 0 N–H and O–H groups in total. The van der Waals surface area contributed by atoms with E-state index >= 15 is 0 Å². The van der Waals surface area contributed by atoms with Crippen LogP contribution in [0.4, 0.5) is 5.69 Å². The third-order valence-electron chi connectivity index (χ3n) is 3.28. The standard InChI is InChI=1S/C14H14ClNS/c15-9-11-3-1-2-4-13(11)16-7-5-14-12(10-16)6-8-17-14/h1-4,6,8H,5,7,9-10H2. The normalized spacial score (nSPS) is 14.8. The molecule has 0 aliphatic carbocycles. The number of hydrogen-bond acceptors (Lipinski definition) is 2. The maximum Gasteiger partial charge on any atom is 0.0494 e. The van der Waals surface area contributed by atoms with E-state index in [0.717, 1.165) is 19.5 Å². The molecule has 0 unspecified atom stereocenters. The summed E-state index contributed by atoms with van der Waals surface area (Å²) in [6.07, 6.45) is 1.16. The van der Waals surface area contributed by atoms with Gasteiger partial charge in [0.1, 0.15) is 0 Å². The van der Waals surface area contributed by atoms with Crippen LogP contribution >= 0.6 is 22.9 Å². The van der Waals surface area contributed by atoms with Gasteiger partial charge in [0.25, 0.3) is 0 Å². The zero-order valence-corrected chi connectivity index (χ0v) is 11.1. The van der Waals surface area contributed by atoms with Crippen LogP contribution < -0.4 is 4.90 Å². The SMILES string of the molecule is ClCc1ccccc1N1CCc2sccc2C1. The summed E-state index contributed by atoms with van der Waals surface area (Å²) < 4.78 is 0. The molecule has 2 heterocycles. The molecule has 0 fully saturated rings. The number of para-hydroxylation sites is 1. The van der Waals surface area contributed by atoms with Crippen LogP contribution in [0, 0.1) is 0 Å². The Morgan fingerprint density at radius 1 is 1.24 bits per heavy atom. The minimum absolute atomic E-state index is 0.586. The molecule has 1 aliphatic heterocycles. The van der Waals surface area contributed by atoms with Gasteiger partial charge in [0.05, 0.1) is 0 Å². The Bertz CT molecular complexity index is 520. The molecule has 1 aromatic carbocycles. The second-order valence-electron chi connectivity index (χ2n) is 4.30. The topological polar surface area (TPSA) is 3.24 Å². The smallest absolute Gasteiger partial charge is 0.0494 e. The summed E-state index contributed by atoms with van der Waals surface area (Å²) in [4.78, 5) is 3.98. The molecule has 0 saturated carbocycles. The Kier molecular flexibility index (Phi) is 3.08. The minimum Gasteiger partial charge on any atom is -0.367 e. The minimum atomic E-state index is 0.586. The van der Waals surface area contributed by atoms with Gasteiger partial charge in [0.15, 0.2) is 0 Å². The molecule has 0 atom stereocenters. The molecule has 1 nitrogen and oxygen atoms in total. The van der Waals surface area contributed by atoms with E-state index in [2.05, 4.69) is 40.6 Å². The second kappa shape index (κ2) is 4.71. The number of fused-ring (bicyclic) bond motifs is 1. The number of rotatable bonds is 2. The Hall–Kier alpha value is -0.990. The fourth-order valence-electron chi connectivity index (χ4n) is 2.39. The predicted octanol–water partition coefficient (Wildman–Crippen LogP) is 4.05. The summed E-state index contributed by atoms with van der Waals surface area (Å²) in [5, 5.41) is 2.20. The van der Waals surface area contributed by atoms with Gasteiger partial charge in [-0.3, -0.25) is 0 Å². The quantitative estimate of drug-likeness (QED) is 0.739. The predicted molar refractivity (Wildman–Crippen MR) is 75.1 cm³/mol. The van der Waals surface area contributed by atoms with E-state index in [9.17, 15) is 0 Å². The summed E-state index contributed by atoms with van der Waals surface area (Å²) in [5.74, 6) is 0.586. The number of halogens is 1. The van der Waals surface area contributed by atoms with E-state index in [-0.39, 0.29) is 0 Å². The Balaban J connectivity index is 1.91. The molecule has 0 saturated heterocycles. The molecule has 0 spiro atoms. The lowest BCUT2D eigenvalue weighted by Gasteiger charge is -2.30. The van der Waals surface area contributed by atoms with Crippen molar-refractivity contribution in [3.63, 3.8) is 0 Å². The molecular formula is C14H14ClNS. The second-order valence-corrected chi connectivity index (χ2v) is 5.57. The van der Waals surface area contributed by atoms with Crippen molar-refractivity contribution in [1.82, 2.24) is 0 Å². The zero-order valence-electron chi connectivity index (χ0n) is 9.53. The third-order valence-corrected chi connectivity index (χ3v) is 4.59. The number of thiophene rings is 1. The molecule has 0 amide bonds. The highest BCUT2D eigenvalue weighted by atomic mass is 35.5. The van der Waals surface area contributed by atoms with Gasteiger partial charge in [0, 0.05) is 29.5 Å². The van der Waals surface area contributed by atoms with Crippen molar-refractivity contribution in [2.24, 2.45) is 0 Å². The summed E-state index contributed by atoms with van der Waals surface area (Å²) in [6, 6.07) is 10.7. The van der Waals surface area contributed by atoms with Crippen LogP contribution in [-0.4, -0.2) is 6.54 Å². The van der Waals surface area contributed by atoms with Gasteiger partial charge in [-0.15, -0.1) is 22.9 Å². The van der Waals surface area contributed by atoms with Gasteiger partial charge in [-0.2, -0.15) is 0 Å². The van der Waals surface area contributed by atoms with Crippen LogP contribution in [0.2, 0.25) is 0 Å². The lowest BCUT2D eigenvalue weighted by atomic mass is 10.1. The molecule has 0 radical (unpaired) electrons. The van der Waals surface area contributed by atoms with Crippen LogP contribution in [0.15, 0.2) is 35.7 Å². The van der Waals surface area contributed by atoms with E-state index in [1.807, 2.05) is 11.3 Å². The van der Waals surface area contributed by atoms with Crippen molar-refractivity contribution in [2.45, 2.75) is 18.8 Å². The monoisotopic (exact) mass is 263 g/mol. The number of benzene rings is 1. The van der Waals surface area contributed by atoms with Crippen molar-refractivity contribution in [1.29, 1.82) is 0 Å². The first-order valence-corrected chi connectivity index (χ1v) is 7.24. The van der Waals surface area contributed by atoms with E-state index in [0.29, 0.717) is 5.88 Å². The van der Waals surface area contributed by atoms with E-state index < -0.39 is 0 Å². The van der Waals surface area contributed by atoms with Crippen molar-refractivity contribution < 1.29 is 0 Å². The zero-order chi connectivity index (χ0) is 11.7. The van der Waals surface area contributed by atoms with Gasteiger partial charge >= 0.3 is 0 Å². The van der Waals surface area contributed by atoms with Crippen molar-refractivity contribution in [3.8, 4) is 0 Å². The lowest BCUT2D eigenvalue weighted by molar-refractivity contribution is 0.741. The number of anilines is 1. The van der Waals surface area contributed by atoms with Gasteiger partial charge in [-0.1, -0.05) is 18.2 Å². The Labute approximate surface area is 111 Å². The number of nitrogens with zero attached hydrogens (tertiary/aromatic N) is 1. The Morgan fingerprint density at radius 2 is 2.12 bits per heavy atom. The largest absolute Gasteiger partial charge is 0.367 e. The molecule has 1 aliphatic rings. The van der Waals surface area contributed by atoms with Crippen LogP contribution in [0.3, 0.4) is 0 Å². The van der Waals surface area contributed by atoms with Crippen LogP contribution in [-0.2, 0) is 18.8 Å². The molecule has 3 heteroatoms. The number of alkyl halides is 1. The van der Waals surface area contributed by atoms with Gasteiger partial charge in [0.2, 0.25) is 0 Å². The van der Waals surface area contributed by atoms with Crippen LogP contribution in [0.5, 0.6) is 0 Å². The summed E-state index contributed by atoms with van der Waals surface area (Å²) >= 11 is 7.89. The average Bonchev–Trinajstić information content (AvgIpc) is 2.85. The highest BCUT2D eigenvalue weighted by molar-refractivity contribution is 7.10. The Morgan fingerprint density at radius 3 is 3.00 bits per heavy atom. The first-order chi connectivity index (χ1) is 8.38. The maximum absolute atomic E-state index is 6.01. The van der Waals surface area contributed by atoms with E-state index in [4.69, 9.17) is 11.6 Å². The van der Waals surface area contributed by atoms with Crippen molar-refractivity contribution in [2.75, 3.05) is 11.4 Å². The van der Waals surface area contributed by atoms with Crippen LogP contribution in [0.25, 0.3) is 0 Å². The summed E-state index contributed by atoms with van der Waals surface area (Å²) in [5.41, 5.74) is 4.00. The molecule has 17 heavy (non-hydrogen) atoms. The van der Waals surface area contributed by atoms with Crippen molar-refractivity contribution in [3.05, 3.63) is 51.7 Å². The first-order valence-electron chi connectivity index (χ1n) is 5.82. The molecule has 2 aromatic rings. The number of hydrogen-bond donors (Lipinski definition) is 0. The van der Waals surface area contributed by atoms with Gasteiger partial charge in [-0.05, 0) is 35.1 Å². The molecular weight excluding hydrogens is 250 g/mol. The highest BCUT2D eigenvalue weighted by Crippen LogP contribution is 2.30. The van der Waals surface area contributed by atoms with Crippen molar-refractivity contribution >= 4 is 28.6 Å². The maximum atomic E-state index is 6.01. The molecule has 3 rings (SSSR count). The van der Waals surface area contributed by atoms with Gasteiger partial charge < -0.3 is 4.90 Å². The third kappa shape index (κ3) is 2.07. The van der Waals surface area contributed by atoms with E-state index in [1.54, 1.807) is 4.88 Å². The molecule has 88 valence electrons. The summed E-state index contributed by atoms with van der Waals surface area (Å²) in [6.45, 7) is 2.12. The molecule has 1 aromatic heterocycles. The van der Waals surface area contributed by atoms with Crippen LogP contribution in [0.1, 0.15) is 16.0 Å². The fourth-order valence-corrected chi connectivity index (χ4v) is 3.50. The summed E-state index contributed by atoms with van der Waals surface area (Å²) in [7, 11) is 0. The van der Waals surface area contributed by atoms with Gasteiger partial charge in [-0.25, -0.2) is 0 Å². The highest BCUT2D eigenvalue weighted by Gasteiger charge is 2.18. The molecule has 0 bridgehead atoms. The lowest BCUT2D eigenvalue weighted by Crippen LogP contribution is -2.30. The average molecular weight is 264 g/mol.